The minimum Gasteiger partial charge on any atom is -0.490 e. The Morgan fingerprint density at radius 2 is 1.93 bits per heavy atom. The molecule has 1 aliphatic rings. The van der Waals surface area contributed by atoms with Gasteiger partial charge in [-0.3, -0.25) is 14.5 Å². The molecule has 0 radical (unpaired) electrons. The summed E-state index contributed by atoms with van der Waals surface area (Å²) >= 11 is 10.7. The quantitative estimate of drug-likeness (QED) is 0.431. The van der Waals surface area contributed by atoms with Crippen molar-refractivity contribution in [2.75, 3.05) is 13.2 Å². The van der Waals surface area contributed by atoms with Crippen molar-refractivity contribution in [1.82, 2.24) is 4.90 Å². The van der Waals surface area contributed by atoms with Gasteiger partial charge in [-0.25, -0.2) is 0 Å². The average molecular weight is 497 g/mol. The number of rotatable bonds is 7. The molecule has 1 heterocycles. The summed E-state index contributed by atoms with van der Waals surface area (Å²) in [6.07, 6.45) is 1.69. The molecule has 0 saturated carbocycles. The second-order valence-corrected chi connectivity index (χ2v) is 8.32. The zero-order chi connectivity index (χ0) is 21.0. The fraction of sp³-hybridized carbons (Fsp3) is 0.238. The van der Waals surface area contributed by atoms with E-state index < -0.39 is 0 Å². The summed E-state index contributed by atoms with van der Waals surface area (Å²) in [6.45, 7) is 4.74. The fourth-order valence-electron chi connectivity index (χ4n) is 2.76. The van der Waals surface area contributed by atoms with E-state index in [1.807, 2.05) is 37.3 Å². The SMILES string of the molecule is CCOc1cc(/C=C2/SC(=O)N(CC)C2=O)cc(Br)c1OCc1ccccc1Cl. The van der Waals surface area contributed by atoms with Crippen molar-refractivity contribution < 1.29 is 19.1 Å². The predicted octanol–water partition coefficient (Wildman–Crippen LogP) is 6.14. The van der Waals surface area contributed by atoms with Gasteiger partial charge in [0.15, 0.2) is 11.5 Å². The number of hydrogen-bond donors (Lipinski definition) is 0. The highest BCUT2D eigenvalue weighted by Gasteiger charge is 2.33. The van der Waals surface area contributed by atoms with Gasteiger partial charge in [-0.1, -0.05) is 29.8 Å². The summed E-state index contributed by atoms with van der Waals surface area (Å²) in [5, 5.41) is 0.373. The fourth-order valence-corrected chi connectivity index (χ4v) is 4.43. The third-order valence-electron chi connectivity index (χ3n) is 4.15. The Labute approximate surface area is 187 Å². The molecular weight excluding hydrogens is 478 g/mol. The van der Waals surface area contributed by atoms with Gasteiger partial charge in [0.25, 0.3) is 11.1 Å². The van der Waals surface area contributed by atoms with Crippen molar-refractivity contribution >= 4 is 56.5 Å². The summed E-state index contributed by atoms with van der Waals surface area (Å²) in [5.74, 6) is 0.802. The lowest BCUT2D eigenvalue weighted by Gasteiger charge is -2.15. The van der Waals surface area contributed by atoms with E-state index >= 15 is 0 Å². The Bertz CT molecular complexity index is 979. The van der Waals surface area contributed by atoms with E-state index in [1.165, 1.54) is 4.90 Å². The molecule has 2 aromatic carbocycles. The van der Waals surface area contributed by atoms with Crippen molar-refractivity contribution in [1.29, 1.82) is 0 Å². The molecule has 8 heteroatoms. The number of imide groups is 1. The lowest BCUT2D eigenvalue weighted by Crippen LogP contribution is -2.27. The molecule has 2 aromatic rings. The van der Waals surface area contributed by atoms with Gasteiger partial charge in [0, 0.05) is 17.1 Å². The highest BCUT2D eigenvalue weighted by atomic mass is 79.9. The van der Waals surface area contributed by atoms with Crippen LogP contribution in [0.5, 0.6) is 11.5 Å². The molecule has 3 rings (SSSR count). The molecule has 0 unspecified atom stereocenters. The van der Waals surface area contributed by atoms with Gasteiger partial charge in [-0.15, -0.1) is 0 Å². The number of halogens is 2. The van der Waals surface area contributed by atoms with Gasteiger partial charge in [0.1, 0.15) is 6.61 Å². The van der Waals surface area contributed by atoms with Crippen molar-refractivity contribution in [3.63, 3.8) is 0 Å². The molecule has 0 atom stereocenters. The van der Waals surface area contributed by atoms with Crippen LogP contribution in [0.1, 0.15) is 25.0 Å². The zero-order valence-electron chi connectivity index (χ0n) is 15.9. The number of hydrogen-bond acceptors (Lipinski definition) is 5. The van der Waals surface area contributed by atoms with Gasteiger partial charge in [-0.2, -0.15) is 0 Å². The van der Waals surface area contributed by atoms with E-state index in [9.17, 15) is 9.59 Å². The zero-order valence-corrected chi connectivity index (χ0v) is 19.1. The third kappa shape index (κ3) is 4.97. The minimum absolute atomic E-state index is 0.257. The van der Waals surface area contributed by atoms with E-state index in [-0.39, 0.29) is 17.8 Å². The highest BCUT2D eigenvalue weighted by Crippen LogP contribution is 2.40. The third-order valence-corrected chi connectivity index (χ3v) is 6.01. The topological polar surface area (TPSA) is 55.8 Å². The smallest absolute Gasteiger partial charge is 0.293 e. The second-order valence-electron chi connectivity index (χ2n) is 6.07. The Balaban J connectivity index is 1.89. The lowest BCUT2D eigenvalue weighted by atomic mass is 10.1. The van der Waals surface area contributed by atoms with Crippen LogP contribution in [0.4, 0.5) is 4.79 Å². The van der Waals surface area contributed by atoms with Crippen molar-refractivity contribution in [3.05, 3.63) is 61.9 Å². The maximum atomic E-state index is 12.3. The van der Waals surface area contributed by atoms with E-state index in [2.05, 4.69) is 15.9 Å². The number of amides is 2. The average Bonchev–Trinajstić information content (AvgIpc) is 2.95. The number of ether oxygens (including phenoxy) is 2. The Morgan fingerprint density at radius 1 is 1.17 bits per heavy atom. The van der Waals surface area contributed by atoms with Crippen LogP contribution in [0, 0.1) is 0 Å². The maximum Gasteiger partial charge on any atom is 0.293 e. The first-order valence-electron chi connectivity index (χ1n) is 9.02. The monoisotopic (exact) mass is 495 g/mol. The number of carbonyl (C=O) groups excluding carboxylic acids is 2. The molecule has 0 aromatic heterocycles. The normalized spacial score (nSPS) is 15.3. The van der Waals surface area contributed by atoms with Gasteiger partial charge in [0.05, 0.1) is 16.0 Å². The van der Waals surface area contributed by atoms with Crippen LogP contribution in [0.15, 0.2) is 45.8 Å². The molecule has 1 aliphatic heterocycles. The number of likely N-dealkylation sites (N-methyl/N-ethyl adjacent to an activating group) is 1. The maximum absolute atomic E-state index is 12.3. The van der Waals surface area contributed by atoms with Crippen LogP contribution < -0.4 is 9.47 Å². The number of benzene rings is 2. The molecule has 0 aliphatic carbocycles. The van der Waals surface area contributed by atoms with Crippen molar-refractivity contribution in [2.24, 2.45) is 0 Å². The Morgan fingerprint density at radius 3 is 2.59 bits per heavy atom. The number of nitrogens with zero attached hydrogens (tertiary/aromatic N) is 1. The van der Waals surface area contributed by atoms with Crippen molar-refractivity contribution in [3.8, 4) is 11.5 Å². The summed E-state index contributed by atoms with van der Waals surface area (Å²) in [6, 6.07) is 11.1. The number of carbonyl (C=O) groups is 2. The molecule has 0 bridgehead atoms. The van der Waals surface area contributed by atoms with E-state index in [1.54, 1.807) is 19.1 Å². The van der Waals surface area contributed by atoms with Crippen LogP contribution in [0.3, 0.4) is 0 Å². The standard InChI is InChI=1S/C21H19BrClNO4S/c1-3-24-20(25)18(29-21(24)26)11-13-9-15(22)19(17(10-13)27-4-2)28-12-14-7-5-6-8-16(14)23/h5-11H,3-4,12H2,1-2H3/b18-11+. The number of thioether (sulfide) groups is 1. The summed E-state index contributed by atoms with van der Waals surface area (Å²) < 4.78 is 12.4. The molecule has 1 saturated heterocycles. The molecule has 29 heavy (non-hydrogen) atoms. The minimum atomic E-state index is -0.282. The first kappa shape index (κ1) is 21.7. The molecule has 152 valence electrons. The molecule has 0 spiro atoms. The summed E-state index contributed by atoms with van der Waals surface area (Å²) in [5.41, 5.74) is 1.59. The lowest BCUT2D eigenvalue weighted by molar-refractivity contribution is -0.122. The van der Waals surface area contributed by atoms with E-state index in [4.69, 9.17) is 21.1 Å². The molecule has 5 nitrogen and oxygen atoms in total. The molecular formula is C21H19BrClNO4S. The van der Waals surface area contributed by atoms with Crippen LogP contribution in [-0.2, 0) is 11.4 Å². The van der Waals surface area contributed by atoms with Crippen LogP contribution in [-0.4, -0.2) is 29.2 Å². The van der Waals surface area contributed by atoms with Gasteiger partial charge in [-0.05, 0) is 71.4 Å². The summed E-state index contributed by atoms with van der Waals surface area (Å²) in [7, 11) is 0. The Hall–Kier alpha value is -1.96. The van der Waals surface area contributed by atoms with Crippen LogP contribution in [0.2, 0.25) is 5.02 Å². The van der Waals surface area contributed by atoms with E-state index in [0.29, 0.717) is 39.1 Å². The van der Waals surface area contributed by atoms with Gasteiger partial charge in [0.2, 0.25) is 0 Å². The molecule has 2 amide bonds. The molecule has 1 fully saturated rings. The van der Waals surface area contributed by atoms with Crippen LogP contribution >= 0.6 is 39.3 Å². The first-order chi connectivity index (χ1) is 13.9. The summed E-state index contributed by atoms with van der Waals surface area (Å²) in [4.78, 5) is 25.9. The van der Waals surface area contributed by atoms with Gasteiger partial charge >= 0.3 is 0 Å². The van der Waals surface area contributed by atoms with Gasteiger partial charge < -0.3 is 9.47 Å². The van der Waals surface area contributed by atoms with Crippen LogP contribution in [0.25, 0.3) is 6.08 Å². The Kier molecular flexibility index (Phi) is 7.27. The predicted molar refractivity (Wildman–Crippen MR) is 119 cm³/mol. The second kappa shape index (κ2) is 9.69. The van der Waals surface area contributed by atoms with Crippen molar-refractivity contribution in [2.45, 2.75) is 20.5 Å². The first-order valence-corrected chi connectivity index (χ1v) is 11.0. The molecule has 0 N–H and O–H groups in total. The highest BCUT2D eigenvalue weighted by molar-refractivity contribution is 9.10. The largest absolute Gasteiger partial charge is 0.490 e. The van der Waals surface area contributed by atoms with E-state index in [0.717, 1.165) is 22.9 Å².